The number of anilines is 1. The molecule has 1 N–H and O–H groups in total. The van der Waals surface area contributed by atoms with Gasteiger partial charge >= 0.3 is 12.1 Å². The zero-order valence-corrected chi connectivity index (χ0v) is 21.0. The molecule has 198 valence electrons. The first kappa shape index (κ1) is 26.9. The van der Waals surface area contributed by atoms with Gasteiger partial charge in [0.25, 0.3) is 0 Å². The van der Waals surface area contributed by atoms with Crippen molar-refractivity contribution in [3.05, 3.63) is 71.6 Å². The second-order valence-electron chi connectivity index (χ2n) is 8.34. The minimum Gasteiger partial charge on any atom is -0.481 e. The molecular formula is C26H22F3N3O5S. The number of halogens is 3. The van der Waals surface area contributed by atoms with Gasteiger partial charge < -0.3 is 14.3 Å². The van der Waals surface area contributed by atoms with Gasteiger partial charge in [-0.15, -0.1) is 11.3 Å². The van der Waals surface area contributed by atoms with Gasteiger partial charge in [0.15, 0.2) is 5.13 Å². The Morgan fingerprint density at radius 2 is 1.97 bits per heavy atom. The molecule has 4 aromatic rings. The van der Waals surface area contributed by atoms with E-state index in [2.05, 4.69) is 9.97 Å². The lowest BCUT2D eigenvalue weighted by atomic mass is 9.96. The molecule has 0 saturated carbocycles. The predicted molar refractivity (Wildman–Crippen MR) is 134 cm³/mol. The number of carbonyl (C=O) groups excluding carboxylic acids is 1. The van der Waals surface area contributed by atoms with Crippen molar-refractivity contribution < 1.29 is 37.0 Å². The van der Waals surface area contributed by atoms with Crippen LogP contribution in [-0.2, 0) is 22.2 Å². The molecule has 12 heteroatoms. The number of alkyl halides is 3. The first-order valence-corrected chi connectivity index (χ1v) is 12.1. The number of aliphatic carboxylic acids is 1. The smallest absolute Gasteiger partial charge is 0.416 e. The Morgan fingerprint density at radius 1 is 1.18 bits per heavy atom. The molecule has 0 aliphatic heterocycles. The second-order valence-corrected chi connectivity index (χ2v) is 9.17. The molecule has 3 aromatic heterocycles. The molecule has 1 unspecified atom stereocenters. The standard InChI is InChI=1S/C26H22F3N3O5S/c1-32(24(35)16(11-23(33)34)10-18-4-3-9-37-18)25-31-21(14-38-25)20-12-17(26(27,28)29)6-7-19(20)15-5-8-22(36-2)30-13-15/h3-9,12-14,16H,10-11H2,1-2H3,(H,33,34). The molecule has 0 saturated heterocycles. The zero-order chi connectivity index (χ0) is 27.4. The van der Waals surface area contributed by atoms with Gasteiger partial charge in [-0.2, -0.15) is 13.2 Å². The zero-order valence-electron chi connectivity index (χ0n) is 20.2. The third-order valence-electron chi connectivity index (χ3n) is 5.79. The van der Waals surface area contributed by atoms with E-state index in [1.807, 2.05) is 0 Å². The van der Waals surface area contributed by atoms with Crippen LogP contribution < -0.4 is 9.64 Å². The lowest BCUT2D eigenvalue weighted by Crippen LogP contribution is -2.35. The molecule has 1 atom stereocenters. The van der Waals surface area contributed by atoms with Crippen molar-refractivity contribution in [1.29, 1.82) is 0 Å². The van der Waals surface area contributed by atoms with Crippen molar-refractivity contribution in [1.82, 2.24) is 9.97 Å². The van der Waals surface area contributed by atoms with Crippen molar-refractivity contribution in [2.75, 3.05) is 19.1 Å². The maximum absolute atomic E-state index is 13.5. The Kier molecular flexibility index (Phi) is 7.81. The molecular weight excluding hydrogens is 523 g/mol. The van der Waals surface area contributed by atoms with Crippen molar-refractivity contribution in [2.45, 2.75) is 19.0 Å². The number of carboxylic acids is 1. The Balaban J connectivity index is 1.69. The SMILES string of the molecule is COc1ccc(-c2ccc(C(F)(F)F)cc2-c2csc(N(C)C(=O)C(CC(=O)O)Cc3ccco3)n2)cn1. The molecule has 1 amide bonds. The molecule has 0 fully saturated rings. The number of ether oxygens (including phenoxy) is 1. The average Bonchev–Trinajstić information content (AvgIpc) is 3.59. The number of thiazole rings is 1. The van der Waals surface area contributed by atoms with Gasteiger partial charge in [-0.25, -0.2) is 9.97 Å². The number of benzene rings is 1. The Hall–Kier alpha value is -4.19. The monoisotopic (exact) mass is 545 g/mol. The number of pyridine rings is 1. The van der Waals surface area contributed by atoms with Crippen LogP contribution in [0.25, 0.3) is 22.4 Å². The van der Waals surface area contributed by atoms with E-state index in [0.29, 0.717) is 22.8 Å². The molecule has 0 spiro atoms. The average molecular weight is 546 g/mol. The number of hydrogen-bond donors (Lipinski definition) is 1. The van der Waals surface area contributed by atoms with E-state index in [1.54, 1.807) is 29.6 Å². The topological polar surface area (TPSA) is 106 Å². The van der Waals surface area contributed by atoms with E-state index in [-0.39, 0.29) is 22.8 Å². The van der Waals surface area contributed by atoms with E-state index in [4.69, 9.17) is 9.15 Å². The lowest BCUT2D eigenvalue weighted by molar-refractivity contribution is -0.140. The van der Waals surface area contributed by atoms with E-state index in [0.717, 1.165) is 23.5 Å². The van der Waals surface area contributed by atoms with Crippen LogP contribution >= 0.6 is 11.3 Å². The van der Waals surface area contributed by atoms with Crippen LogP contribution in [0.4, 0.5) is 18.3 Å². The van der Waals surface area contributed by atoms with Crippen LogP contribution in [0.1, 0.15) is 17.7 Å². The molecule has 0 radical (unpaired) electrons. The fourth-order valence-corrected chi connectivity index (χ4v) is 4.68. The van der Waals surface area contributed by atoms with Crippen LogP contribution in [0.5, 0.6) is 5.88 Å². The van der Waals surface area contributed by atoms with Crippen LogP contribution in [-0.4, -0.2) is 41.1 Å². The summed E-state index contributed by atoms with van der Waals surface area (Å²) in [6, 6.07) is 9.89. The van der Waals surface area contributed by atoms with Gasteiger partial charge in [-0.05, 0) is 35.9 Å². The van der Waals surface area contributed by atoms with Crippen molar-refractivity contribution in [3.8, 4) is 28.3 Å². The van der Waals surface area contributed by atoms with E-state index in [9.17, 15) is 27.9 Å². The minimum absolute atomic E-state index is 0.0724. The Labute approximate surface area is 219 Å². The first-order valence-electron chi connectivity index (χ1n) is 11.3. The molecule has 0 bridgehead atoms. The second kappa shape index (κ2) is 11.1. The highest BCUT2D eigenvalue weighted by atomic mass is 32.1. The van der Waals surface area contributed by atoms with Gasteiger partial charge in [0.2, 0.25) is 11.8 Å². The van der Waals surface area contributed by atoms with Crippen LogP contribution in [0.15, 0.2) is 64.7 Å². The number of rotatable bonds is 9. The maximum Gasteiger partial charge on any atom is 0.416 e. The summed E-state index contributed by atoms with van der Waals surface area (Å²) in [7, 11) is 2.90. The van der Waals surface area contributed by atoms with Crippen molar-refractivity contribution in [2.24, 2.45) is 5.92 Å². The number of furan rings is 1. The van der Waals surface area contributed by atoms with E-state index >= 15 is 0 Å². The van der Waals surface area contributed by atoms with Crippen LogP contribution in [0.3, 0.4) is 0 Å². The highest BCUT2D eigenvalue weighted by molar-refractivity contribution is 7.14. The molecule has 1 aromatic carbocycles. The first-order chi connectivity index (χ1) is 18.1. The quantitative estimate of drug-likeness (QED) is 0.284. The molecule has 8 nitrogen and oxygen atoms in total. The van der Waals surface area contributed by atoms with Crippen LogP contribution in [0.2, 0.25) is 0 Å². The highest BCUT2D eigenvalue weighted by Gasteiger charge is 2.32. The van der Waals surface area contributed by atoms with Gasteiger partial charge in [-0.3, -0.25) is 14.5 Å². The van der Waals surface area contributed by atoms with Gasteiger partial charge in [0, 0.05) is 42.2 Å². The number of carbonyl (C=O) groups is 2. The molecule has 3 heterocycles. The van der Waals surface area contributed by atoms with Crippen molar-refractivity contribution >= 4 is 28.3 Å². The van der Waals surface area contributed by atoms with E-state index < -0.39 is 36.0 Å². The third-order valence-corrected chi connectivity index (χ3v) is 6.70. The molecule has 0 aliphatic rings. The largest absolute Gasteiger partial charge is 0.481 e. The minimum atomic E-state index is -4.58. The predicted octanol–water partition coefficient (Wildman–Crippen LogP) is 5.79. The lowest BCUT2D eigenvalue weighted by Gasteiger charge is -2.20. The Bertz CT molecular complexity index is 1420. The highest BCUT2D eigenvalue weighted by Crippen LogP contribution is 2.39. The summed E-state index contributed by atoms with van der Waals surface area (Å²) in [5.41, 5.74) is 0.584. The van der Waals surface area contributed by atoms with Gasteiger partial charge in [0.05, 0.1) is 37.0 Å². The van der Waals surface area contributed by atoms with E-state index in [1.165, 1.54) is 37.6 Å². The maximum atomic E-state index is 13.5. The summed E-state index contributed by atoms with van der Waals surface area (Å²) in [4.78, 5) is 34.4. The summed E-state index contributed by atoms with van der Waals surface area (Å²) in [6.45, 7) is 0. The number of nitrogens with zero attached hydrogens (tertiary/aromatic N) is 3. The fourth-order valence-electron chi connectivity index (χ4n) is 3.88. The fraction of sp³-hybridized carbons (Fsp3) is 0.231. The number of methoxy groups -OCH3 is 1. The number of aromatic nitrogens is 2. The third kappa shape index (κ3) is 6.02. The normalized spacial score (nSPS) is 12.2. The molecule has 0 aliphatic carbocycles. The molecule has 4 rings (SSSR count). The summed E-state index contributed by atoms with van der Waals surface area (Å²) in [5.74, 6) is -1.77. The number of carboxylic acid groups (broad SMARTS) is 1. The molecule has 38 heavy (non-hydrogen) atoms. The van der Waals surface area contributed by atoms with Crippen LogP contribution in [0, 0.1) is 5.92 Å². The van der Waals surface area contributed by atoms with Crippen molar-refractivity contribution in [3.63, 3.8) is 0 Å². The summed E-state index contributed by atoms with van der Waals surface area (Å²) < 4.78 is 51.0. The summed E-state index contributed by atoms with van der Waals surface area (Å²) >= 11 is 1.05. The van der Waals surface area contributed by atoms with Gasteiger partial charge in [-0.1, -0.05) is 6.07 Å². The number of hydrogen-bond acceptors (Lipinski definition) is 7. The summed E-state index contributed by atoms with van der Waals surface area (Å²) in [5, 5.41) is 11.1. The number of amides is 1. The Morgan fingerprint density at radius 3 is 2.58 bits per heavy atom. The summed E-state index contributed by atoms with van der Waals surface area (Å²) in [6.07, 6.45) is -2.02. The van der Waals surface area contributed by atoms with Gasteiger partial charge in [0.1, 0.15) is 5.76 Å².